The van der Waals surface area contributed by atoms with Crippen molar-refractivity contribution in [2.24, 2.45) is 0 Å². The zero-order valence-electron chi connectivity index (χ0n) is 24.0. The second-order valence-corrected chi connectivity index (χ2v) is 13.6. The van der Waals surface area contributed by atoms with E-state index < -0.39 is 7.94 Å². The number of nitrogens with one attached hydrogen (secondary N) is 1. The normalized spacial score (nSPS) is 18.9. The monoisotopic (exact) mass is 620 g/mol. The molecule has 3 aromatic carbocycles. The Morgan fingerprint density at radius 3 is 2.51 bits per heavy atom. The molecule has 1 aliphatic heterocycles. The zero-order valence-corrected chi connectivity index (χ0v) is 25.8. The molecule has 2 aromatic heterocycles. The molecule has 2 N–H and O–H groups in total. The number of carbonyl (C=O) groups is 1. The minimum atomic E-state index is -3.28. The van der Waals surface area contributed by atoms with Crippen molar-refractivity contribution in [1.82, 2.24) is 14.5 Å². The van der Waals surface area contributed by atoms with Crippen molar-refractivity contribution < 1.29 is 23.2 Å². The number of hydrogen-bond donors (Lipinski definition) is 2. The fraction of sp³-hybridized carbons (Fsp3) is 0.281. The number of aromatic nitrogens is 3. The second kappa shape index (κ2) is 12.6. The molecule has 0 aliphatic carbocycles. The molecular weight excluding hydrogens is 587 g/mol. The maximum absolute atomic E-state index is 12.8. The molecule has 1 aliphatic rings. The van der Waals surface area contributed by atoms with Gasteiger partial charge in [-0.1, -0.05) is 35.9 Å². The summed E-state index contributed by atoms with van der Waals surface area (Å²) in [4.78, 5) is 32.9. The van der Waals surface area contributed by atoms with Crippen LogP contribution < -0.4 is 5.32 Å². The van der Waals surface area contributed by atoms with Crippen molar-refractivity contribution in [3.63, 3.8) is 0 Å². The molecule has 2 unspecified atom stereocenters. The summed E-state index contributed by atoms with van der Waals surface area (Å²) in [5, 5.41) is 3.59. The van der Waals surface area contributed by atoms with Crippen molar-refractivity contribution >= 4 is 42.2 Å². The van der Waals surface area contributed by atoms with E-state index in [4.69, 9.17) is 30.0 Å². The molecule has 11 heteroatoms. The Hall–Kier alpha value is -3.59. The van der Waals surface area contributed by atoms with E-state index in [9.17, 15) is 9.69 Å². The van der Waals surface area contributed by atoms with Crippen LogP contribution in [-0.2, 0) is 26.4 Å². The molecule has 0 saturated carbocycles. The molecule has 0 radical (unpaired) electrons. The van der Waals surface area contributed by atoms with Gasteiger partial charge in [0, 0.05) is 10.6 Å². The first-order chi connectivity index (χ1) is 20.7. The number of nitrogens with zero attached hydrogens (tertiary/aromatic N) is 3. The van der Waals surface area contributed by atoms with Crippen LogP contribution in [0.5, 0.6) is 0 Å². The fourth-order valence-corrected chi connectivity index (χ4v) is 8.01. The summed E-state index contributed by atoms with van der Waals surface area (Å²) in [5.41, 5.74) is 4.91. The van der Waals surface area contributed by atoms with E-state index in [0.29, 0.717) is 53.6 Å². The number of benzene rings is 3. The number of halogens is 1. The van der Waals surface area contributed by atoms with Crippen LogP contribution in [0.15, 0.2) is 83.5 Å². The number of hydrogen-bond acceptors (Lipinski definition) is 7. The molecule has 0 bridgehead atoms. The quantitative estimate of drug-likeness (QED) is 0.164. The van der Waals surface area contributed by atoms with Gasteiger partial charge in [0.05, 0.1) is 11.0 Å². The molecule has 1 fully saturated rings. The predicted octanol–water partition coefficient (Wildman–Crippen LogP) is 7.50. The Kier molecular flexibility index (Phi) is 8.61. The summed E-state index contributed by atoms with van der Waals surface area (Å²) >= 11 is 6.12. The molecule has 3 heterocycles. The van der Waals surface area contributed by atoms with Crippen LogP contribution in [0.1, 0.15) is 44.4 Å². The molecule has 9 nitrogen and oxygen atoms in total. The fourth-order valence-electron chi connectivity index (χ4n) is 5.46. The van der Waals surface area contributed by atoms with Crippen molar-refractivity contribution in [2.75, 3.05) is 5.32 Å². The van der Waals surface area contributed by atoms with Gasteiger partial charge in [0.1, 0.15) is 6.33 Å². The minimum absolute atomic E-state index is 0.0319. The first-order valence-corrected chi connectivity index (χ1v) is 16.7. The van der Waals surface area contributed by atoms with Gasteiger partial charge < -0.3 is 0 Å². The van der Waals surface area contributed by atoms with E-state index in [1.54, 1.807) is 6.33 Å². The van der Waals surface area contributed by atoms with Crippen LogP contribution in [0.2, 0.25) is 5.02 Å². The van der Waals surface area contributed by atoms with Gasteiger partial charge in [-0.15, -0.1) is 0 Å². The summed E-state index contributed by atoms with van der Waals surface area (Å²) in [7, 11) is -3.28. The Morgan fingerprint density at radius 2 is 1.77 bits per heavy atom. The van der Waals surface area contributed by atoms with E-state index >= 15 is 0 Å². The van der Waals surface area contributed by atoms with Gasteiger partial charge in [0.2, 0.25) is 0 Å². The molecule has 6 rings (SSSR count). The molecule has 1 amide bonds. The van der Waals surface area contributed by atoms with Gasteiger partial charge in [0.15, 0.2) is 0 Å². The average molecular weight is 621 g/mol. The van der Waals surface area contributed by atoms with Crippen molar-refractivity contribution in [3.8, 4) is 17.3 Å². The zero-order chi connectivity index (χ0) is 30.0. The number of rotatable bonds is 9. The molecule has 224 valence electrons. The van der Waals surface area contributed by atoms with Crippen LogP contribution in [-0.4, -0.2) is 37.5 Å². The maximum atomic E-state index is 12.8. The number of para-hydroxylation sites is 2. The van der Waals surface area contributed by atoms with Gasteiger partial charge in [-0.2, -0.15) is 4.98 Å². The Morgan fingerprint density at radius 1 is 1.05 bits per heavy atom. The van der Waals surface area contributed by atoms with E-state index in [-0.39, 0.29) is 18.1 Å². The van der Waals surface area contributed by atoms with Gasteiger partial charge in [0.25, 0.3) is 0 Å². The van der Waals surface area contributed by atoms with E-state index in [0.717, 1.165) is 28.6 Å². The Balaban J connectivity index is 1.10. The van der Waals surface area contributed by atoms with E-state index in [2.05, 4.69) is 10.3 Å². The summed E-state index contributed by atoms with van der Waals surface area (Å²) in [6.45, 7) is 3.91. The molecule has 5 aromatic rings. The van der Waals surface area contributed by atoms with E-state index in [1.807, 2.05) is 91.2 Å². The summed E-state index contributed by atoms with van der Waals surface area (Å²) in [5.74, 6) is 0.584. The third-order valence-electron chi connectivity index (χ3n) is 7.37. The summed E-state index contributed by atoms with van der Waals surface area (Å²) in [6.07, 6.45) is 4.12. The van der Waals surface area contributed by atoms with Crippen LogP contribution in [0.3, 0.4) is 0 Å². The van der Waals surface area contributed by atoms with Crippen molar-refractivity contribution in [1.29, 1.82) is 0 Å². The first-order valence-electron chi connectivity index (χ1n) is 14.4. The molecule has 0 spiro atoms. The number of carbonyl (C=O) groups excluding carboxylic acids is 1. The summed E-state index contributed by atoms with van der Waals surface area (Å²) in [6, 6.07) is 23.1. The number of anilines is 1. The SMILES string of the molecule is CC1CC(C)O[PH](O)(Cc2ccc(NC(=O)CCCc3oc(-n4cnc5ccccc54)nc3-c3ccc(Cl)cc3)cc2)O1. The van der Waals surface area contributed by atoms with Crippen molar-refractivity contribution in [2.45, 2.75) is 57.9 Å². The third-order valence-corrected chi connectivity index (χ3v) is 10.0. The van der Waals surface area contributed by atoms with Crippen LogP contribution in [0.25, 0.3) is 28.3 Å². The van der Waals surface area contributed by atoms with Gasteiger partial charge in [-0.25, -0.2) is 4.98 Å². The van der Waals surface area contributed by atoms with Gasteiger partial charge in [-0.3, -0.25) is 4.57 Å². The number of aryl methyl sites for hydroxylation is 1. The van der Waals surface area contributed by atoms with Gasteiger partial charge in [-0.05, 0) is 24.3 Å². The first kappa shape index (κ1) is 29.5. The molecule has 1 saturated heterocycles. The second-order valence-electron chi connectivity index (χ2n) is 11.0. The molecule has 43 heavy (non-hydrogen) atoms. The van der Waals surface area contributed by atoms with E-state index in [1.165, 1.54) is 0 Å². The van der Waals surface area contributed by atoms with Gasteiger partial charge >= 0.3 is 153 Å². The standard InChI is InChI=1S/C32H34ClN4O5P/c1-21-18-22(2)42-43(39,41-21)19-23-10-16-26(17-11-23)35-30(38)9-5-8-29-31(24-12-14-25(33)15-13-24)36-32(40-29)37-20-34-27-6-3-4-7-28(27)37/h3-4,6-7,10-17,20-22,39,43H,5,8-9,18-19H2,1-2H3,(H,35,38). The number of fused-ring (bicyclic) bond motifs is 1. The molecule has 2 atom stereocenters. The van der Waals surface area contributed by atoms with Crippen LogP contribution in [0, 0.1) is 0 Å². The number of imidazole rings is 1. The predicted molar refractivity (Wildman–Crippen MR) is 170 cm³/mol. The Labute approximate surface area is 255 Å². The van der Waals surface area contributed by atoms with Crippen molar-refractivity contribution in [3.05, 3.63) is 95.5 Å². The third kappa shape index (κ3) is 6.98. The molecular formula is C32H34ClN4O5P. The summed E-state index contributed by atoms with van der Waals surface area (Å²) < 4.78 is 19.7. The number of oxazole rings is 1. The average Bonchev–Trinajstić information content (AvgIpc) is 3.58. The number of amides is 1. The van der Waals surface area contributed by atoms with Crippen LogP contribution in [0.4, 0.5) is 5.69 Å². The Bertz CT molecular complexity index is 1710. The van der Waals surface area contributed by atoms with Crippen LogP contribution >= 0.6 is 19.5 Å². The topological polar surface area (TPSA) is 112 Å².